The van der Waals surface area contributed by atoms with Gasteiger partial charge < -0.3 is 19.6 Å². The lowest BCUT2D eigenvalue weighted by molar-refractivity contribution is -0.760. The van der Waals surface area contributed by atoms with Gasteiger partial charge in [0, 0.05) is 5.75 Å². The van der Waals surface area contributed by atoms with E-state index in [1.807, 2.05) is 36.4 Å². The molecule has 11 heteroatoms. The molecule has 1 amide bonds. The van der Waals surface area contributed by atoms with Crippen molar-refractivity contribution in [2.75, 3.05) is 26.1 Å². The molecule has 2 rings (SSSR count). The van der Waals surface area contributed by atoms with Crippen LogP contribution in [0.15, 0.2) is 36.4 Å². The van der Waals surface area contributed by atoms with Crippen molar-refractivity contribution < 1.29 is 33.8 Å². The number of nitrogens with zero attached hydrogens (tertiary/aromatic N) is 1. The van der Waals surface area contributed by atoms with E-state index < -0.39 is 40.9 Å². The largest absolute Gasteiger partial charge is 0.497 e. The number of methoxy groups -OCH3 is 1. The van der Waals surface area contributed by atoms with Gasteiger partial charge in [-0.05, 0) is 49.2 Å². The Hall–Kier alpha value is -3.34. The van der Waals surface area contributed by atoms with Gasteiger partial charge in [0.2, 0.25) is 5.91 Å². The summed E-state index contributed by atoms with van der Waals surface area (Å²) in [7, 11) is 1.60. The normalized spacial score (nSPS) is 12.9. The maximum Gasteiger partial charge on any atom is 0.329 e. The minimum absolute atomic E-state index is 0.0509. The molecule has 0 spiro atoms. The number of amides is 1. The van der Waals surface area contributed by atoms with Crippen LogP contribution >= 0.6 is 11.8 Å². The molecule has 0 saturated carbocycles. The van der Waals surface area contributed by atoms with Crippen molar-refractivity contribution in [3.8, 4) is 5.75 Å². The molecule has 10 nitrogen and oxygen atoms in total. The second-order valence-corrected chi connectivity index (χ2v) is 9.51. The van der Waals surface area contributed by atoms with Gasteiger partial charge in [-0.1, -0.05) is 43.0 Å². The van der Waals surface area contributed by atoms with Crippen molar-refractivity contribution in [2.24, 2.45) is 5.41 Å². The molecule has 0 fully saturated rings. The molecule has 1 unspecified atom stereocenters. The SMILES string of the molecule is CCOC(=O)C(CSC(=O)[C@@H](C)c1ccc2cc(OC)ccc2c1)NC(=O)C(C)(C)CO[N+](=O)[O-]. The number of esters is 1. The van der Waals surface area contributed by atoms with Crippen molar-refractivity contribution in [2.45, 2.75) is 39.7 Å². The highest BCUT2D eigenvalue weighted by atomic mass is 32.2. The summed E-state index contributed by atoms with van der Waals surface area (Å²) < 4.78 is 10.3. The fraction of sp³-hybridized carbons (Fsp3) is 0.458. The third kappa shape index (κ3) is 7.84. The van der Waals surface area contributed by atoms with Gasteiger partial charge >= 0.3 is 5.97 Å². The van der Waals surface area contributed by atoms with E-state index in [0.717, 1.165) is 33.8 Å². The average molecular weight is 507 g/mol. The molecule has 0 radical (unpaired) electrons. The van der Waals surface area contributed by atoms with Gasteiger partial charge in [-0.15, -0.1) is 10.1 Å². The molecule has 0 bridgehead atoms. The van der Waals surface area contributed by atoms with Crippen molar-refractivity contribution in [3.05, 3.63) is 52.1 Å². The van der Waals surface area contributed by atoms with Crippen molar-refractivity contribution >= 4 is 39.5 Å². The number of fused-ring (bicyclic) bond motifs is 1. The molecular weight excluding hydrogens is 476 g/mol. The summed E-state index contributed by atoms with van der Waals surface area (Å²) in [5, 5.41) is 13.8. The summed E-state index contributed by atoms with van der Waals surface area (Å²) in [5.74, 6) is -1.10. The lowest BCUT2D eigenvalue weighted by Gasteiger charge is -2.25. The highest BCUT2D eigenvalue weighted by Gasteiger charge is 2.34. The molecule has 0 aliphatic rings. The third-order valence-electron chi connectivity index (χ3n) is 5.34. The second kappa shape index (κ2) is 12.4. The summed E-state index contributed by atoms with van der Waals surface area (Å²) in [6.07, 6.45) is 0. The summed E-state index contributed by atoms with van der Waals surface area (Å²) in [4.78, 5) is 52.8. The maximum atomic E-state index is 12.9. The van der Waals surface area contributed by atoms with Crippen molar-refractivity contribution in [3.63, 3.8) is 0 Å². The van der Waals surface area contributed by atoms with Crippen molar-refractivity contribution in [1.82, 2.24) is 5.32 Å². The summed E-state index contributed by atoms with van der Waals surface area (Å²) in [6.45, 7) is 5.90. The first-order chi connectivity index (χ1) is 16.5. The van der Waals surface area contributed by atoms with E-state index in [2.05, 4.69) is 10.2 Å². The van der Waals surface area contributed by atoms with Gasteiger partial charge in [0.05, 0.1) is 25.0 Å². The van der Waals surface area contributed by atoms with Crippen LogP contribution in [0.25, 0.3) is 10.8 Å². The molecule has 1 N–H and O–H groups in total. The molecule has 0 aliphatic heterocycles. The predicted octanol–water partition coefficient (Wildman–Crippen LogP) is 3.49. The Bertz CT molecular complexity index is 1090. The molecule has 2 atom stereocenters. The number of ether oxygens (including phenoxy) is 2. The van der Waals surface area contributed by atoms with Gasteiger partial charge in [-0.2, -0.15) is 0 Å². The van der Waals surface area contributed by atoms with Crippen LogP contribution in [0.4, 0.5) is 0 Å². The Labute approximate surface area is 207 Å². The summed E-state index contributed by atoms with van der Waals surface area (Å²) >= 11 is 0.910. The van der Waals surface area contributed by atoms with Gasteiger partial charge in [-0.3, -0.25) is 9.59 Å². The zero-order chi connectivity index (χ0) is 26.2. The molecule has 0 saturated heterocycles. The lowest BCUT2D eigenvalue weighted by Crippen LogP contribution is -2.50. The first-order valence-corrected chi connectivity index (χ1v) is 12.0. The number of thioether (sulfide) groups is 1. The van der Waals surface area contributed by atoms with Gasteiger partial charge in [-0.25, -0.2) is 4.79 Å². The molecular formula is C24H30N2O8S. The first kappa shape index (κ1) is 27.9. The highest BCUT2D eigenvalue weighted by molar-refractivity contribution is 8.13. The van der Waals surface area contributed by atoms with Crippen LogP contribution in [0.5, 0.6) is 5.75 Å². The Morgan fingerprint density at radius 1 is 1.14 bits per heavy atom. The minimum atomic E-state index is -1.28. The number of benzene rings is 2. The van der Waals surface area contributed by atoms with E-state index in [1.165, 1.54) is 13.8 Å². The molecule has 0 aromatic heterocycles. The van der Waals surface area contributed by atoms with Crippen LogP contribution in [0.3, 0.4) is 0 Å². The van der Waals surface area contributed by atoms with Gasteiger partial charge in [0.25, 0.3) is 5.09 Å². The van der Waals surface area contributed by atoms with Crippen LogP contribution in [0.2, 0.25) is 0 Å². The second-order valence-electron chi connectivity index (χ2n) is 8.48. The summed E-state index contributed by atoms with van der Waals surface area (Å²) in [6, 6.07) is 10.3. The summed E-state index contributed by atoms with van der Waals surface area (Å²) in [5.41, 5.74) is -0.469. The average Bonchev–Trinajstić information content (AvgIpc) is 2.83. The quantitative estimate of drug-likeness (QED) is 0.261. The van der Waals surface area contributed by atoms with E-state index in [1.54, 1.807) is 21.0 Å². The third-order valence-corrected chi connectivity index (χ3v) is 6.48. The number of carbonyl (C=O) groups is 3. The van der Waals surface area contributed by atoms with Crippen LogP contribution in [0, 0.1) is 15.5 Å². The van der Waals surface area contributed by atoms with Crippen LogP contribution < -0.4 is 10.1 Å². The number of carbonyl (C=O) groups excluding carboxylic acids is 3. The van der Waals surface area contributed by atoms with E-state index >= 15 is 0 Å². The number of nitrogens with one attached hydrogen (secondary N) is 1. The molecule has 35 heavy (non-hydrogen) atoms. The highest BCUT2D eigenvalue weighted by Crippen LogP contribution is 2.28. The molecule has 2 aromatic carbocycles. The monoisotopic (exact) mass is 506 g/mol. The van der Waals surface area contributed by atoms with E-state index in [0.29, 0.717) is 0 Å². The molecule has 2 aromatic rings. The molecule has 0 aliphatic carbocycles. The van der Waals surface area contributed by atoms with Crippen molar-refractivity contribution in [1.29, 1.82) is 0 Å². The van der Waals surface area contributed by atoms with E-state index in [9.17, 15) is 24.5 Å². The zero-order valence-corrected chi connectivity index (χ0v) is 21.2. The molecule has 0 heterocycles. The minimum Gasteiger partial charge on any atom is -0.497 e. The Kier molecular flexibility index (Phi) is 9.88. The number of hydrogen-bond donors (Lipinski definition) is 1. The Morgan fingerprint density at radius 2 is 1.80 bits per heavy atom. The van der Waals surface area contributed by atoms with E-state index in [-0.39, 0.29) is 17.5 Å². The number of rotatable bonds is 12. The smallest absolute Gasteiger partial charge is 0.329 e. The van der Waals surface area contributed by atoms with Gasteiger partial charge in [0.15, 0.2) is 5.12 Å². The first-order valence-electron chi connectivity index (χ1n) is 11.0. The predicted molar refractivity (Wildman–Crippen MR) is 132 cm³/mol. The fourth-order valence-electron chi connectivity index (χ4n) is 3.11. The van der Waals surface area contributed by atoms with Gasteiger partial charge in [0.1, 0.15) is 18.4 Å². The van der Waals surface area contributed by atoms with Crippen LogP contribution in [-0.2, 0) is 24.0 Å². The number of hydrogen-bond acceptors (Lipinski definition) is 9. The maximum absolute atomic E-state index is 12.9. The standard InChI is InChI=1S/C24H30N2O8S/c1-6-33-21(27)20(25-23(29)24(3,4)14-34-26(30)31)13-35-22(28)15(2)16-7-8-18-12-19(32-5)10-9-17(18)11-16/h7-12,15,20H,6,13-14H2,1-5H3,(H,25,29)/t15-,20?/m0/s1. The fourth-order valence-corrected chi connectivity index (χ4v) is 4.05. The molecule has 190 valence electrons. The topological polar surface area (TPSA) is 134 Å². The Morgan fingerprint density at radius 3 is 2.43 bits per heavy atom. The van der Waals surface area contributed by atoms with E-state index in [4.69, 9.17) is 9.47 Å². The van der Waals surface area contributed by atoms with Crippen LogP contribution in [0.1, 0.15) is 39.2 Å². The lowest BCUT2D eigenvalue weighted by atomic mass is 9.93. The van der Waals surface area contributed by atoms with Crippen LogP contribution in [-0.4, -0.2) is 54.2 Å². The Balaban J connectivity index is 2.08. The zero-order valence-electron chi connectivity index (χ0n) is 20.4.